The number of nitrogens with zero attached hydrogens (tertiary/aromatic N) is 1. The highest BCUT2D eigenvalue weighted by Crippen LogP contribution is 2.26. The van der Waals surface area contributed by atoms with Crippen LogP contribution in [0.4, 0.5) is 0 Å². The summed E-state index contributed by atoms with van der Waals surface area (Å²) in [6, 6.07) is 7.04. The van der Waals surface area contributed by atoms with E-state index >= 15 is 0 Å². The Bertz CT molecular complexity index is 303. The number of benzene rings is 1. The van der Waals surface area contributed by atoms with E-state index in [4.69, 9.17) is 21.6 Å². The molecule has 0 amide bonds. The van der Waals surface area contributed by atoms with E-state index < -0.39 is 0 Å². The molecule has 0 spiro atoms. The third-order valence-electron chi connectivity index (χ3n) is 1.30. The van der Waals surface area contributed by atoms with Gasteiger partial charge in [-0.3, -0.25) is 0 Å². The van der Waals surface area contributed by atoms with Gasteiger partial charge in [0.15, 0.2) is 0 Å². The topological polar surface area (TPSA) is 33.0 Å². The fourth-order valence-electron chi connectivity index (χ4n) is 0.755. The van der Waals surface area contributed by atoms with E-state index in [0.717, 1.165) is 0 Å². The van der Waals surface area contributed by atoms with Gasteiger partial charge in [-0.05, 0) is 12.1 Å². The van der Waals surface area contributed by atoms with Crippen molar-refractivity contribution in [2.24, 2.45) is 0 Å². The van der Waals surface area contributed by atoms with E-state index in [-0.39, 0.29) is 0 Å². The van der Waals surface area contributed by atoms with Crippen molar-refractivity contribution in [3.63, 3.8) is 0 Å². The van der Waals surface area contributed by atoms with Crippen LogP contribution in [0.15, 0.2) is 18.2 Å². The Morgan fingerprint density at radius 2 is 2.27 bits per heavy atom. The lowest BCUT2D eigenvalue weighted by atomic mass is 10.2. The average Bonchev–Trinajstić information content (AvgIpc) is 2.05. The van der Waals surface area contributed by atoms with E-state index in [1.165, 1.54) is 7.11 Å². The molecule has 56 valence electrons. The molecule has 0 fully saturated rings. The minimum atomic E-state index is 0.373. The van der Waals surface area contributed by atoms with Crippen LogP contribution in [0.2, 0.25) is 5.02 Å². The van der Waals surface area contributed by atoms with E-state index in [2.05, 4.69) is 0 Å². The average molecular weight is 168 g/mol. The second-order valence-electron chi connectivity index (χ2n) is 1.93. The summed E-state index contributed by atoms with van der Waals surface area (Å²) in [7, 11) is 1.52. The largest absolute Gasteiger partial charge is 0.495 e. The van der Waals surface area contributed by atoms with Crippen LogP contribution in [0, 0.1) is 11.3 Å². The number of hydrogen-bond donors (Lipinski definition) is 0. The van der Waals surface area contributed by atoms with Crippen LogP contribution in [-0.4, -0.2) is 7.11 Å². The summed E-state index contributed by atoms with van der Waals surface area (Å²) in [5, 5.41) is 8.92. The van der Waals surface area contributed by atoms with Crippen LogP contribution in [0.5, 0.6) is 5.75 Å². The first kappa shape index (κ1) is 7.90. The molecular formula is C8H6ClNO. The Morgan fingerprint density at radius 3 is 2.82 bits per heavy atom. The number of halogens is 1. The lowest BCUT2D eigenvalue weighted by molar-refractivity contribution is 0.415. The van der Waals surface area contributed by atoms with E-state index in [1.54, 1.807) is 18.2 Å². The highest BCUT2D eigenvalue weighted by atomic mass is 35.5. The van der Waals surface area contributed by atoms with Gasteiger partial charge in [-0.2, -0.15) is 5.26 Å². The minimum Gasteiger partial charge on any atom is -0.495 e. The van der Waals surface area contributed by atoms with E-state index in [0.29, 0.717) is 16.3 Å². The van der Waals surface area contributed by atoms with Gasteiger partial charge in [-0.1, -0.05) is 17.7 Å². The predicted octanol–water partition coefficient (Wildman–Crippen LogP) is 2.22. The van der Waals surface area contributed by atoms with Gasteiger partial charge in [-0.15, -0.1) is 0 Å². The maximum Gasteiger partial charge on any atom is 0.138 e. The van der Waals surface area contributed by atoms with Crippen LogP contribution in [-0.2, 0) is 0 Å². The Labute approximate surface area is 70.0 Å². The van der Waals surface area contributed by atoms with Crippen molar-refractivity contribution < 1.29 is 4.74 Å². The Morgan fingerprint density at radius 1 is 1.55 bits per heavy atom. The lowest BCUT2D eigenvalue weighted by Gasteiger charge is -2.01. The molecule has 0 aliphatic rings. The molecule has 1 aromatic carbocycles. The highest BCUT2D eigenvalue weighted by Gasteiger charge is 2.03. The van der Waals surface area contributed by atoms with Crippen molar-refractivity contribution >= 4 is 11.6 Å². The molecule has 0 aromatic heterocycles. The van der Waals surface area contributed by atoms with E-state index in [9.17, 15) is 0 Å². The molecule has 3 heteroatoms. The number of nitriles is 1. The van der Waals surface area contributed by atoms with Gasteiger partial charge in [0.2, 0.25) is 0 Å². The summed E-state index contributed by atoms with van der Waals surface area (Å²) in [5.41, 5.74) is 0.436. The van der Waals surface area contributed by atoms with Gasteiger partial charge in [0.05, 0.1) is 12.7 Å². The molecule has 0 atom stereocenters. The lowest BCUT2D eigenvalue weighted by Crippen LogP contribution is -1.85. The normalized spacial score (nSPS) is 8.82. The van der Waals surface area contributed by atoms with Crippen molar-refractivity contribution in [2.75, 3.05) is 7.11 Å². The van der Waals surface area contributed by atoms with Crippen LogP contribution in [0.1, 0.15) is 5.56 Å². The van der Waals surface area contributed by atoms with Crippen molar-refractivity contribution in [1.29, 1.82) is 5.26 Å². The molecule has 0 heterocycles. The van der Waals surface area contributed by atoms with Crippen molar-refractivity contribution in [3.8, 4) is 11.8 Å². The third kappa shape index (κ3) is 1.44. The second-order valence-corrected chi connectivity index (χ2v) is 2.31. The Hall–Kier alpha value is -1.20. The Kier molecular flexibility index (Phi) is 2.35. The molecule has 0 radical (unpaired) electrons. The molecular weight excluding hydrogens is 162 g/mol. The molecule has 0 bridgehead atoms. The number of ether oxygens (including phenoxy) is 1. The zero-order chi connectivity index (χ0) is 8.27. The molecule has 1 rings (SSSR count). The molecule has 2 nitrogen and oxygen atoms in total. The fraction of sp³-hybridized carbons (Fsp3) is 0.125. The fourth-order valence-corrected chi connectivity index (χ4v) is 1.00. The number of hydrogen-bond acceptors (Lipinski definition) is 2. The van der Waals surface area contributed by atoms with E-state index in [1.807, 2.05) is 6.07 Å². The maximum atomic E-state index is 8.55. The summed E-state index contributed by atoms with van der Waals surface area (Å²) in [6.07, 6.45) is 0. The maximum absolute atomic E-state index is 8.55. The van der Waals surface area contributed by atoms with Gasteiger partial charge in [0.1, 0.15) is 16.8 Å². The van der Waals surface area contributed by atoms with Crippen molar-refractivity contribution in [1.82, 2.24) is 0 Å². The molecule has 11 heavy (non-hydrogen) atoms. The zero-order valence-electron chi connectivity index (χ0n) is 5.97. The molecule has 0 unspecified atom stereocenters. The summed E-state index contributed by atoms with van der Waals surface area (Å²) in [6.45, 7) is 0. The highest BCUT2D eigenvalue weighted by molar-refractivity contribution is 6.33. The van der Waals surface area contributed by atoms with Gasteiger partial charge in [0, 0.05) is 0 Å². The second kappa shape index (κ2) is 3.27. The molecule has 1 aromatic rings. The van der Waals surface area contributed by atoms with Gasteiger partial charge in [-0.25, -0.2) is 0 Å². The third-order valence-corrected chi connectivity index (χ3v) is 1.69. The molecule has 0 aliphatic heterocycles. The van der Waals surface area contributed by atoms with Crippen LogP contribution >= 0.6 is 11.6 Å². The van der Waals surface area contributed by atoms with Crippen molar-refractivity contribution in [2.45, 2.75) is 0 Å². The molecule has 0 aliphatic carbocycles. The molecule has 0 N–H and O–H groups in total. The van der Waals surface area contributed by atoms with Crippen molar-refractivity contribution in [3.05, 3.63) is 28.8 Å². The summed E-state index contributed by atoms with van der Waals surface area (Å²) in [4.78, 5) is 0. The summed E-state index contributed by atoms with van der Waals surface area (Å²) in [5.74, 6) is 0.533. The first-order chi connectivity index (χ1) is 5.29. The SMILES string of the molecule is COc1cccc(C#N)c1Cl. The minimum absolute atomic E-state index is 0.373. The van der Waals surface area contributed by atoms with Gasteiger partial charge < -0.3 is 4.74 Å². The quantitative estimate of drug-likeness (QED) is 0.643. The summed E-state index contributed by atoms with van der Waals surface area (Å²) >= 11 is 5.76. The van der Waals surface area contributed by atoms with Crippen LogP contribution < -0.4 is 4.74 Å². The zero-order valence-corrected chi connectivity index (χ0v) is 6.72. The monoisotopic (exact) mass is 167 g/mol. The summed E-state index contributed by atoms with van der Waals surface area (Å²) < 4.78 is 4.90. The number of rotatable bonds is 1. The predicted molar refractivity (Wildman–Crippen MR) is 42.7 cm³/mol. The van der Waals surface area contributed by atoms with Gasteiger partial charge in [0.25, 0.3) is 0 Å². The van der Waals surface area contributed by atoms with Gasteiger partial charge >= 0.3 is 0 Å². The van der Waals surface area contributed by atoms with Crippen LogP contribution in [0.3, 0.4) is 0 Å². The smallest absolute Gasteiger partial charge is 0.138 e. The Balaban J connectivity index is 3.23. The first-order valence-electron chi connectivity index (χ1n) is 3.02. The number of methoxy groups -OCH3 is 1. The first-order valence-corrected chi connectivity index (χ1v) is 3.40. The standard InChI is InChI=1S/C8H6ClNO/c1-11-7-4-2-3-6(5-10)8(7)9/h2-4H,1H3. The molecule has 0 saturated carbocycles. The molecule has 0 saturated heterocycles. The van der Waals surface area contributed by atoms with Crippen LogP contribution in [0.25, 0.3) is 0 Å².